The van der Waals surface area contributed by atoms with E-state index in [4.69, 9.17) is 0 Å². The third-order valence-electron chi connectivity index (χ3n) is 3.41. The van der Waals surface area contributed by atoms with Crippen LogP contribution in [0.15, 0.2) is 0 Å². The Hall–Kier alpha value is -0.120. The highest BCUT2D eigenvalue weighted by Crippen LogP contribution is 2.07. The van der Waals surface area contributed by atoms with Gasteiger partial charge < -0.3 is 15.1 Å². The first-order valence-corrected chi connectivity index (χ1v) is 5.73. The molecular formula is C11H25N3. The summed E-state index contributed by atoms with van der Waals surface area (Å²) >= 11 is 0. The molecule has 1 fully saturated rings. The molecule has 0 amide bonds. The second-order valence-corrected chi connectivity index (χ2v) is 4.61. The summed E-state index contributed by atoms with van der Waals surface area (Å²) in [6, 6.07) is 1.36. The van der Waals surface area contributed by atoms with E-state index in [-0.39, 0.29) is 0 Å². The van der Waals surface area contributed by atoms with Crippen molar-refractivity contribution in [3.8, 4) is 0 Å². The van der Waals surface area contributed by atoms with E-state index < -0.39 is 0 Å². The lowest BCUT2D eigenvalue weighted by Gasteiger charge is -2.38. The first-order chi connectivity index (χ1) is 6.63. The summed E-state index contributed by atoms with van der Waals surface area (Å²) in [7, 11) is 4.26. The molecule has 14 heavy (non-hydrogen) atoms. The Morgan fingerprint density at radius 2 is 2.14 bits per heavy atom. The normalized spacial score (nSPS) is 27.9. The predicted molar refractivity (Wildman–Crippen MR) is 61.7 cm³/mol. The molecule has 0 saturated carbocycles. The molecule has 0 radical (unpaired) electrons. The maximum atomic E-state index is 3.29. The second-order valence-electron chi connectivity index (χ2n) is 4.61. The number of rotatable bonds is 4. The van der Waals surface area contributed by atoms with E-state index in [9.17, 15) is 0 Å². The quantitative estimate of drug-likeness (QED) is 0.716. The zero-order valence-corrected chi connectivity index (χ0v) is 10.1. The minimum atomic E-state index is 0.643. The second kappa shape index (κ2) is 5.69. The van der Waals surface area contributed by atoms with E-state index in [2.05, 4.69) is 36.0 Å². The standard InChI is InChI=1S/C11H25N3/c1-10(12-3)5-6-14-8-7-13(4)11(2)9-14/h10-12H,5-9H2,1-4H3. The molecular weight excluding hydrogens is 174 g/mol. The van der Waals surface area contributed by atoms with Crippen LogP contribution in [0.5, 0.6) is 0 Å². The van der Waals surface area contributed by atoms with Crippen molar-refractivity contribution < 1.29 is 0 Å². The van der Waals surface area contributed by atoms with Crippen molar-refractivity contribution in [1.82, 2.24) is 15.1 Å². The Morgan fingerprint density at radius 3 is 2.71 bits per heavy atom. The smallest absolute Gasteiger partial charge is 0.0192 e. The van der Waals surface area contributed by atoms with Gasteiger partial charge in [0.1, 0.15) is 0 Å². The molecule has 0 aliphatic carbocycles. The molecule has 3 heteroatoms. The van der Waals surface area contributed by atoms with Crippen molar-refractivity contribution in [1.29, 1.82) is 0 Å². The van der Waals surface area contributed by atoms with Gasteiger partial charge in [-0.3, -0.25) is 0 Å². The molecule has 0 aromatic heterocycles. The summed E-state index contributed by atoms with van der Waals surface area (Å²) in [5.41, 5.74) is 0. The lowest BCUT2D eigenvalue weighted by Crippen LogP contribution is -2.50. The molecule has 1 heterocycles. The molecule has 0 aromatic rings. The van der Waals surface area contributed by atoms with Gasteiger partial charge in [0.25, 0.3) is 0 Å². The van der Waals surface area contributed by atoms with Crippen LogP contribution in [-0.2, 0) is 0 Å². The average Bonchev–Trinajstić information content (AvgIpc) is 2.19. The fourth-order valence-electron chi connectivity index (χ4n) is 1.85. The summed E-state index contributed by atoms with van der Waals surface area (Å²) in [4.78, 5) is 5.02. The summed E-state index contributed by atoms with van der Waals surface area (Å²) < 4.78 is 0. The topological polar surface area (TPSA) is 18.5 Å². The van der Waals surface area contributed by atoms with E-state index in [1.54, 1.807) is 0 Å². The van der Waals surface area contributed by atoms with Gasteiger partial charge in [-0.15, -0.1) is 0 Å². The van der Waals surface area contributed by atoms with Crippen LogP contribution in [0.4, 0.5) is 0 Å². The van der Waals surface area contributed by atoms with Crippen LogP contribution in [-0.4, -0.2) is 62.2 Å². The number of hydrogen-bond donors (Lipinski definition) is 1. The van der Waals surface area contributed by atoms with Crippen molar-refractivity contribution in [2.45, 2.75) is 32.4 Å². The van der Waals surface area contributed by atoms with Gasteiger partial charge >= 0.3 is 0 Å². The van der Waals surface area contributed by atoms with Gasteiger partial charge in [-0.2, -0.15) is 0 Å². The van der Waals surface area contributed by atoms with Crippen LogP contribution >= 0.6 is 0 Å². The van der Waals surface area contributed by atoms with Crippen molar-refractivity contribution in [2.75, 3.05) is 40.3 Å². The Morgan fingerprint density at radius 1 is 1.43 bits per heavy atom. The highest BCUT2D eigenvalue weighted by molar-refractivity contribution is 4.77. The van der Waals surface area contributed by atoms with E-state index in [0.29, 0.717) is 12.1 Å². The highest BCUT2D eigenvalue weighted by atomic mass is 15.3. The van der Waals surface area contributed by atoms with Gasteiger partial charge in [-0.25, -0.2) is 0 Å². The summed E-state index contributed by atoms with van der Waals surface area (Å²) in [5, 5.41) is 3.29. The molecule has 84 valence electrons. The Balaban J connectivity index is 2.20. The molecule has 3 nitrogen and oxygen atoms in total. The molecule has 1 aliphatic heterocycles. The maximum Gasteiger partial charge on any atom is 0.0192 e. The third-order valence-corrected chi connectivity index (χ3v) is 3.41. The summed E-state index contributed by atoms with van der Waals surface area (Å²) in [6.45, 7) is 9.48. The van der Waals surface area contributed by atoms with Crippen LogP contribution in [0.3, 0.4) is 0 Å². The molecule has 2 unspecified atom stereocenters. The zero-order chi connectivity index (χ0) is 10.6. The number of likely N-dealkylation sites (N-methyl/N-ethyl adjacent to an activating group) is 1. The number of nitrogens with zero attached hydrogens (tertiary/aromatic N) is 2. The van der Waals surface area contributed by atoms with Crippen molar-refractivity contribution >= 4 is 0 Å². The highest BCUT2D eigenvalue weighted by Gasteiger charge is 2.20. The minimum Gasteiger partial charge on any atom is -0.317 e. The van der Waals surface area contributed by atoms with Gasteiger partial charge in [0.05, 0.1) is 0 Å². The molecule has 0 bridgehead atoms. The largest absolute Gasteiger partial charge is 0.317 e. The summed E-state index contributed by atoms with van der Waals surface area (Å²) in [6.07, 6.45) is 1.26. The van der Waals surface area contributed by atoms with Gasteiger partial charge in [0, 0.05) is 31.7 Å². The Bertz CT molecular complexity index is 161. The molecule has 2 atom stereocenters. The average molecular weight is 199 g/mol. The zero-order valence-electron chi connectivity index (χ0n) is 10.1. The van der Waals surface area contributed by atoms with Crippen LogP contribution in [0.1, 0.15) is 20.3 Å². The van der Waals surface area contributed by atoms with Gasteiger partial charge in [-0.1, -0.05) is 0 Å². The fourth-order valence-corrected chi connectivity index (χ4v) is 1.85. The summed E-state index contributed by atoms with van der Waals surface area (Å²) in [5.74, 6) is 0. The Kier molecular flexibility index (Phi) is 4.85. The van der Waals surface area contributed by atoms with E-state index in [1.807, 2.05) is 7.05 Å². The SMILES string of the molecule is CNC(C)CCN1CCN(C)C(C)C1. The minimum absolute atomic E-state index is 0.643. The van der Waals surface area contributed by atoms with Crippen LogP contribution in [0.2, 0.25) is 0 Å². The molecule has 1 rings (SSSR count). The first kappa shape index (κ1) is 12.0. The molecule has 1 N–H and O–H groups in total. The predicted octanol–water partition coefficient (Wildman–Crippen LogP) is 0.620. The van der Waals surface area contributed by atoms with Crippen molar-refractivity contribution in [3.05, 3.63) is 0 Å². The van der Waals surface area contributed by atoms with E-state index in [0.717, 1.165) is 0 Å². The van der Waals surface area contributed by atoms with Gasteiger partial charge in [-0.05, 0) is 40.9 Å². The third kappa shape index (κ3) is 3.56. The number of hydrogen-bond acceptors (Lipinski definition) is 3. The van der Waals surface area contributed by atoms with Crippen LogP contribution in [0, 0.1) is 0 Å². The lowest BCUT2D eigenvalue weighted by molar-refractivity contribution is 0.102. The lowest BCUT2D eigenvalue weighted by atomic mass is 10.1. The molecule has 1 aliphatic rings. The molecule has 0 aromatic carbocycles. The van der Waals surface area contributed by atoms with Crippen molar-refractivity contribution in [3.63, 3.8) is 0 Å². The monoisotopic (exact) mass is 199 g/mol. The van der Waals surface area contributed by atoms with Gasteiger partial charge in [0.15, 0.2) is 0 Å². The molecule has 1 saturated heterocycles. The first-order valence-electron chi connectivity index (χ1n) is 5.73. The Labute approximate surface area is 88.5 Å². The van der Waals surface area contributed by atoms with Crippen molar-refractivity contribution in [2.24, 2.45) is 0 Å². The number of piperazine rings is 1. The molecule has 0 spiro atoms. The van der Waals surface area contributed by atoms with E-state index >= 15 is 0 Å². The fraction of sp³-hybridized carbons (Fsp3) is 1.00. The van der Waals surface area contributed by atoms with E-state index in [1.165, 1.54) is 32.6 Å². The maximum absolute atomic E-state index is 3.29. The van der Waals surface area contributed by atoms with Crippen LogP contribution in [0.25, 0.3) is 0 Å². The number of nitrogens with one attached hydrogen (secondary N) is 1. The van der Waals surface area contributed by atoms with Gasteiger partial charge in [0.2, 0.25) is 0 Å². The van der Waals surface area contributed by atoms with Crippen LogP contribution < -0.4 is 5.32 Å².